The molecule has 0 aromatic carbocycles. The minimum Gasteiger partial charge on any atom is -0.0853 e. The molecule has 1 rings (SSSR count). The first kappa shape index (κ1) is 4.85. The highest BCUT2D eigenvalue weighted by atomic mass is 28.1. The molecule has 0 amide bonds. The Kier molecular flexibility index (Phi) is 1.15. The van der Waals surface area contributed by atoms with Crippen LogP contribution in [0, 0.1) is 5.92 Å². The predicted molar refractivity (Wildman–Crippen MR) is 36.3 cm³/mol. The highest BCUT2D eigenvalue weighted by molar-refractivity contribution is 6.22. The van der Waals surface area contributed by atoms with Gasteiger partial charge in [-0.05, 0) is 5.92 Å². The Balaban J connectivity index is 2.69. The molecule has 0 fully saturated rings. The van der Waals surface area contributed by atoms with Gasteiger partial charge in [0.05, 0.1) is 0 Å². The average Bonchev–Trinajstić information content (AvgIpc) is 1.91. The van der Waals surface area contributed by atoms with Crippen molar-refractivity contribution < 1.29 is 0 Å². The van der Waals surface area contributed by atoms with Gasteiger partial charge in [-0.25, -0.2) is 0 Å². The van der Waals surface area contributed by atoms with Crippen molar-refractivity contribution in [1.29, 1.82) is 0 Å². The lowest BCUT2D eigenvalue weighted by molar-refractivity contribution is 0.937. The Labute approximate surface area is 47.3 Å². The molecular weight excluding hydrogens is 100 g/mol. The van der Waals surface area contributed by atoms with Gasteiger partial charge in [0.2, 0.25) is 0 Å². The Hall–Kier alpha value is -0.303. The lowest BCUT2D eigenvalue weighted by Gasteiger charge is -1.96. The fraction of sp³-hybridized carbons (Fsp3) is 0.333. The topological polar surface area (TPSA) is 0 Å². The van der Waals surface area contributed by atoms with E-state index in [1.165, 1.54) is 10.2 Å². The Morgan fingerprint density at radius 3 is 2.57 bits per heavy atom. The maximum absolute atomic E-state index is 2.24. The number of hydrogen-bond acceptors (Lipinski definition) is 0. The van der Waals surface area contributed by atoms with Crippen LogP contribution in [0.15, 0.2) is 23.4 Å². The van der Waals surface area contributed by atoms with Crippen molar-refractivity contribution in [3.05, 3.63) is 23.4 Å². The molecule has 1 unspecified atom stereocenters. The summed E-state index contributed by atoms with van der Waals surface area (Å²) in [5, 5.41) is 1.61. The molecule has 38 valence electrons. The maximum Gasteiger partial charge on any atom is 0.0340 e. The first-order valence-corrected chi connectivity index (χ1v) is 3.65. The van der Waals surface area contributed by atoms with Crippen LogP contribution in [0.2, 0.25) is 0 Å². The van der Waals surface area contributed by atoms with E-state index in [0.29, 0.717) is 0 Å². The molecule has 7 heavy (non-hydrogen) atoms. The average molecular weight is 110 g/mol. The third kappa shape index (κ3) is 0.828. The molecule has 1 atom stereocenters. The zero-order valence-corrected chi connectivity index (χ0v) is 6.81. The standard InChI is InChI=1S/C6H10Si/c1-5-3-2-4-6(5)7/h2-5H,1,7H3. The molecule has 0 bridgehead atoms. The molecule has 0 saturated heterocycles. The Bertz CT molecular complexity index is 122. The second kappa shape index (κ2) is 1.66. The molecule has 0 spiro atoms. The van der Waals surface area contributed by atoms with Crippen LogP contribution in [-0.4, -0.2) is 10.2 Å². The zero-order valence-electron chi connectivity index (χ0n) is 4.81. The monoisotopic (exact) mass is 110 g/mol. The molecule has 1 heteroatoms. The van der Waals surface area contributed by atoms with Gasteiger partial charge in [0.1, 0.15) is 0 Å². The minimum atomic E-state index is 0.756. The molecule has 0 N–H and O–H groups in total. The smallest absolute Gasteiger partial charge is 0.0340 e. The first-order chi connectivity index (χ1) is 3.30. The fourth-order valence-electron chi connectivity index (χ4n) is 0.678. The van der Waals surface area contributed by atoms with Gasteiger partial charge < -0.3 is 0 Å². The molecule has 1 aliphatic carbocycles. The molecule has 0 saturated carbocycles. The molecular formula is C6H10Si. The van der Waals surface area contributed by atoms with Gasteiger partial charge in [-0.2, -0.15) is 0 Å². The van der Waals surface area contributed by atoms with Crippen LogP contribution in [0.1, 0.15) is 6.92 Å². The summed E-state index contributed by atoms with van der Waals surface area (Å²) in [6.45, 7) is 2.24. The van der Waals surface area contributed by atoms with E-state index in [0.717, 1.165) is 5.92 Å². The number of hydrogen-bond donors (Lipinski definition) is 0. The lowest BCUT2D eigenvalue weighted by atomic mass is 10.2. The normalized spacial score (nSPS) is 28.7. The van der Waals surface area contributed by atoms with Crippen molar-refractivity contribution in [2.24, 2.45) is 5.92 Å². The second-order valence-corrected chi connectivity index (χ2v) is 3.24. The van der Waals surface area contributed by atoms with Gasteiger partial charge in [-0.15, -0.1) is 0 Å². The second-order valence-electron chi connectivity index (χ2n) is 2.08. The van der Waals surface area contributed by atoms with Crippen molar-refractivity contribution in [3.8, 4) is 0 Å². The van der Waals surface area contributed by atoms with E-state index in [1.54, 1.807) is 5.20 Å². The van der Waals surface area contributed by atoms with Crippen LogP contribution in [0.25, 0.3) is 0 Å². The molecule has 0 heterocycles. The van der Waals surface area contributed by atoms with Gasteiger partial charge >= 0.3 is 0 Å². The summed E-state index contributed by atoms with van der Waals surface area (Å²) in [7, 11) is 1.24. The summed E-state index contributed by atoms with van der Waals surface area (Å²) in [6.07, 6.45) is 6.60. The lowest BCUT2D eigenvalue weighted by Crippen LogP contribution is -1.88. The molecule has 0 nitrogen and oxygen atoms in total. The summed E-state index contributed by atoms with van der Waals surface area (Å²) in [6, 6.07) is 0. The van der Waals surface area contributed by atoms with Crippen molar-refractivity contribution in [2.75, 3.05) is 0 Å². The van der Waals surface area contributed by atoms with Crippen molar-refractivity contribution in [3.63, 3.8) is 0 Å². The zero-order chi connectivity index (χ0) is 5.28. The summed E-state index contributed by atoms with van der Waals surface area (Å²) in [4.78, 5) is 0. The van der Waals surface area contributed by atoms with E-state index in [1.807, 2.05) is 0 Å². The Morgan fingerprint density at radius 1 is 1.71 bits per heavy atom. The SMILES string of the molecule is CC1C=CC=C1[SiH3]. The van der Waals surface area contributed by atoms with Crippen LogP contribution in [-0.2, 0) is 0 Å². The summed E-state index contributed by atoms with van der Waals surface area (Å²) < 4.78 is 0. The van der Waals surface area contributed by atoms with Crippen molar-refractivity contribution in [2.45, 2.75) is 6.92 Å². The third-order valence-electron chi connectivity index (χ3n) is 1.48. The fourth-order valence-corrected chi connectivity index (χ4v) is 1.06. The number of rotatable bonds is 0. The molecule has 0 aromatic rings. The van der Waals surface area contributed by atoms with Gasteiger partial charge in [0, 0.05) is 10.2 Å². The van der Waals surface area contributed by atoms with Crippen LogP contribution in [0.4, 0.5) is 0 Å². The van der Waals surface area contributed by atoms with Crippen molar-refractivity contribution in [1.82, 2.24) is 0 Å². The number of allylic oxidation sites excluding steroid dienone is 4. The molecule has 0 aliphatic heterocycles. The molecule has 0 radical (unpaired) electrons. The van der Waals surface area contributed by atoms with Gasteiger partial charge in [-0.1, -0.05) is 30.3 Å². The van der Waals surface area contributed by atoms with E-state index in [9.17, 15) is 0 Å². The van der Waals surface area contributed by atoms with Gasteiger partial charge in [0.25, 0.3) is 0 Å². The van der Waals surface area contributed by atoms with E-state index < -0.39 is 0 Å². The van der Waals surface area contributed by atoms with Crippen LogP contribution in [0.5, 0.6) is 0 Å². The van der Waals surface area contributed by atoms with Gasteiger partial charge in [-0.3, -0.25) is 0 Å². The van der Waals surface area contributed by atoms with E-state index in [2.05, 4.69) is 25.2 Å². The third-order valence-corrected chi connectivity index (χ3v) is 2.72. The van der Waals surface area contributed by atoms with E-state index >= 15 is 0 Å². The highest BCUT2D eigenvalue weighted by Gasteiger charge is 2.00. The van der Waals surface area contributed by atoms with Crippen molar-refractivity contribution >= 4 is 10.2 Å². The predicted octanol–water partition coefficient (Wildman–Crippen LogP) is 0.442. The summed E-state index contributed by atoms with van der Waals surface area (Å²) >= 11 is 0. The summed E-state index contributed by atoms with van der Waals surface area (Å²) in [5.74, 6) is 0.756. The highest BCUT2D eigenvalue weighted by Crippen LogP contribution is 2.13. The van der Waals surface area contributed by atoms with E-state index in [-0.39, 0.29) is 0 Å². The molecule has 0 aromatic heterocycles. The van der Waals surface area contributed by atoms with Crippen LogP contribution < -0.4 is 0 Å². The quantitative estimate of drug-likeness (QED) is 0.397. The Morgan fingerprint density at radius 2 is 2.43 bits per heavy atom. The minimum absolute atomic E-state index is 0.756. The maximum atomic E-state index is 2.24. The molecule has 1 aliphatic rings. The largest absolute Gasteiger partial charge is 0.0853 e. The summed E-state index contributed by atoms with van der Waals surface area (Å²) in [5.41, 5.74) is 0. The van der Waals surface area contributed by atoms with E-state index in [4.69, 9.17) is 0 Å². The first-order valence-electron chi connectivity index (χ1n) is 2.65. The van der Waals surface area contributed by atoms with Gasteiger partial charge in [0.15, 0.2) is 0 Å². The van der Waals surface area contributed by atoms with Crippen LogP contribution >= 0.6 is 0 Å². The van der Waals surface area contributed by atoms with Crippen LogP contribution in [0.3, 0.4) is 0 Å².